The first kappa shape index (κ1) is 9.46. The molecule has 1 aromatic carbocycles. The highest BCUT2D eigenvalue weighted by Gasteiger charge is 2.08. The van der Waals surface area contributed by atoms with E-state index in [-0.39, 0.29) is 0 Å². The number of hydrogen-bond acceptors (Lipinski definition) is 1. The first-order chi connectivity index (χ1) is 6.24. The summed E-state index contributed by atoms with van der Waals surface area (Å²) in [6, 6.07) is 6.61. The van der Waals surface area contributed by atoms with Crippen molar-refractivity contribution in [2.75, 3.05) is 0 Å². The van der Waals surface area contributed by atoms with E-state index in [1.54, 1.807) is 0 Å². The molecule has 68 valence electrons. The van der Waals surface area contributed by atoms with E-state index in [1.807, 2.05) is 11.3 Å². The summed E-state index contributed by atoms with van der Waals surface area (Å²) >= 11 is 4.36. The van der Waals surface area contributed by atoms with Gasteiger partial charge in [-0.2, -0.15) is 0 Å². The number of fused-ring (bicyclic) bond motifs is 1. The molecule has 0 aliphatic heterocycles. The van der Waals surface area contributed by atoms with E-state index in [1.165, 1.54) is 24.1 Å². The molecule has 1 heterocycles. The van der Waals surface area contributed by atoms with E-state index >= 15 is 0 Å². The van der Waals surface area contributed by atoms with Crippen molar-refractivity contribution in [2.24, 2.45) is 0 Å². The van der Waals surface area contributed by atoms with Gasteiger partial charge < -0.3 is 0 Å². The lowest BCUT2D eigenvalue weighted by Crippen LogP contribution is -1.81. The number of benzene rings is 1. The second kappa shape index (κ2) is 3.58. The molecule has 0 N–H and O–H groups in total. The standard InChI is InChI=1S/C11H11IS/c1-3-8-5-4-6-9-10(8)11(12)7(2)13-9/h4-6H,3H2,1-2H3. The Balaban J connectivity index is 2.87. The maximum absolute atomic E-state index is 2.46. The minimum Gasteiger partial charge on any atom is -0.139 e. The first-order valence-corrected chi connectivity index (χ1v) is 6.30. The van der Waals surface area contributed by atoms with Crippen molar-refractivity contribution in [3.8, 4) is 0 Å². The van der Waals surface area contributed by atoms with Crippen LogP contribution in [0.2, 0.25) is 0 Å². The van der Waals surface area contributed by atoms with Crippen LogP contribution < -0.4 is 0 Å². The van der Waals surface area contributed by atoms with Gasteiger partial charge in [-0.3, -0.25) is 0 Å². The molecule has 0 atom stereocenters. The van der Waals surface area contributed by atoms with Gasteiger partial charge in [0.1, 0.15) is 0 Å². The van der Waals surface area contributed by atoms with Gasteiger partial charge in [0, 0.05) is 18.5 Å². The van der Waals surface area contributed by atoms with Crippen molar-refractivity contribution in [1.82, 2.24) is 0 Å². The van der Waals surface area contributed by atoms with Crippen LogP contribution >= 0.6 is 33.9 Å². The molecule has 0 saturated carbocycles. The molecule has 0 radical (unpaired) electrons. The van der Waals surface area contributed by atoms with E-state index in [0.29, 0.717) is 0 Å². The van der Waals surface area contributed by atoms with Gasteiger partial charge in [0.05, 0.1) is 0 Å². The highest BCUT2D eigenvalue weighted by molar-refractivity contribution is 14.1. The van der Waals surface area contributed by atoms with Gasteiger partial charge in [-0.1, -0.05) is 19.1 Å². The first-order valence-electron chi connectivity index (χ1n) is 4.40. The van der Waals surface area contributed by atoms with Gasteiger partial charge in [0.25, 0.3) is 0 Å². The fraction of sp³-hybridized carbons (Fsp3) is 0.273. The van der Waals surface area contributed by atoms with Crippen molar-refractivity contribution >= 4 is 44.0 Å². The van der Waals surface area contributed by atoms with Crippen molar-refractivity contribution in [3.05, 3.63) is 32.2 Å². The number of aryl methyl sites for hydroxylation is 2. The molecule has 0 fully saturated rings. The largest absolute Gasteiger partial charge is 0.139 e. The van der Waals surface area contributed by atoms with Crippen LogP contribution in [-0.2, 0) is 6.42 Å². The molecule has 0 spiro atoms. The van der Waals surface area contributed by atoms with Crippen LogP contribution in [0.1, 0.15) is 17.4 Å². The second-order valence-corrected chi connectivity index (χ2v) is 5.45. The number of rotatable bonds is 1. The molecule has 2 aromatic rings. The zero-order chi connectivity index (χ0) is 9.42. The Morgan fingerprint density at radius 2 is 2.15 bits per heavy atom. The van der Waals surface area contributed by atoms with Crippen LogP contribution in [0.25, 0.3) is 10.1 Å². The van der Waals surface area contributed by atoms with Gasteiger partial charge >= 0.3 is 0 Å². The summed E-state index contributed by atoms with van der Waals surface area (Å²) in [5.41, 5.74) is 1.48. The van der Waals surface area contributed by atoms with Gasteiger partial charge in [0.15, 0.2) is 0 Å². The van der Waals surface area contributed by atoms with Gasteiger partial charge in [-0.25, -0.2) is 0 Å². The minimum absolute atomic E-state index is 1.13. The molecule has 0 saturated heterocycles. The Morgan fingerprint density at radius 3 is 2.85 bits per heavy atom. The summed E-state index contributed by atoms with van der Waals surface area (Å²) in [6.07, 6.45) is 1.13. The van der Waals surface area contributed by atoms with Crippen molar-refractivity contribution in [3.63, 3.8) is 0 Å². The molecule has 0 unspecified atom stereocenters. The fourth-order valence-corrected chi connectivity index (χ4v) is 3.74. The third kappa shape index (κ3) is 1.50. The Labute approximate surface area is 96.1 Å². The Bertz CT molecular complexity index is 443. The molecule has 0 aliphatic carbocycles. The predicted octanol–water partition coefficient (Wildman–Crippen LogP) is 4.38. The third-order valence-electron chi connectivity index (χ3n) is 2.29. The Hall–Kier alpha value is -0.0900. The summed E-state index contributed by atoms with van der Waals surface area (Å²) in [5, 5.41) is 1.48. The van der Waals surface area contributed by atoms with Gasteiger partial charge in [-0.05, 0) is 47.6 Å². The predicted molar refractivity (Wildman–Crippen MR) is 68.7 cm³/mol. The molecule has 0 amide bonds. The van der Waals surface area contributed by atoms with Crippen molar-refractivity contribution in [1.29, 1.82) is 0 Å². The zero-order valence-corrected chi connectivity index (χ0v) is 10.7. The number of hydrogen-bond donors (Lipinski definition) is 0. The lowest BCUT2D eigenvalue weighted by molar-refractivity contribution is 1.16. The smallest absolute Gasteiger partial charge is 0.0359 e. The molecule has 0 bridgehead atoms. The zero-order valence-electron chi connectivity index (χ0n) is 7.73. The molecule has 0 nitrogen and oxygen atoms in total. The summed E-state index contributed by atoms with van der Waals surface area (Å²) < 4.78 is 2.87. The molecular weight excluding hydrogens is 291 g/mol. The molecule has 1 aromatic heterocycles. The van der Waals surface area contributed by atoms with Gasteiger partial charge in [-0.15, -0.1) is 11.3 Å². The average molecular weight is 302 g/mol. The second-order valence-electron chi connectivity index (χ2n) is 3.12. The fourth-order valence-electron chi connectivity index (χ4n) is 1.59. The highest BCUT2D eigenvalue weighted by Crippen LogP contribution is 2.34. The quantitative estimate of drug-likeness (QED) is 0.686. The van der Waals surface area contributed by atoms with E-state index in [0.717, 1.165) is 6.42 Å². The topological polar surface area (TPSA) is 0 Å². The van der Waals surface area contributed by atoms with Gasteiger partial charge in [0.2, 0.25) is 0 Å². The van der Waals surface area contributed by atoms with Crippen LogP contribution in [0.5, 0.6) is 0 Å². The van der Waals surface area contributed by atoms with Crippen LogP contribution in [0.3, 0.4) is 0 Å². The molecule has 13 heavy (non-hydrogen) atoms. The summed E-state index contributed by atoms with van der Waals surface area (Å²) in [7, 11) is 0. The Kier molecular flexibility index (Phi) is 2.60. The maximum atomic E-state index is 2.46. The lowest BCUT2D eigenvalue weighted by atomic mass is 10.1. The SMILES string of the molecule is CCc1cccc2sc(C)c(I)c12. The van der Waals surface area contributed by atoms with E-state index < -0.39 is 0 Å². The van der Waals surface area contributed by atoms with E-state index in [4.69, 9.17) is 0 Å². The van der Waals surface area contributed by atoms with E-state index in [2.05, 4.69) is 54.6 Å². The van der Waals surface area contributed by atoms with Crippen LogP contribution in [-0.4, -0.2) is 0 Å². The summed E-state index contributed by atoms with van der Waals surface area (Å²) in [6.45, 7) is 4.42. The normalized spacial score (nSPS) is 11.0. The van der Waals surface area contributed by atoms with E-state index in [9.17, 15) is 0 Å². The summed E-state index contributed by atoms with van der Waals surface area (Å²) in [4.78, 5) is 1.44. The Morgan fingerprint density at radius 1 is 1.38 bits per heavy atom. The molecule has 2 rings (SSSR count). The van der Waals surface area contributed by atoms with Crippen LogP contribution in [0.15, 0.2) is 18.2 Å². The highest BCUT2D eigenvalue weighted by atomic mass is 127. The number of halogens is 1. The van der Waals surface area contributed by atoms with Crippen LogP contribution in [0.4, 0.5) is 0 Å². The molecule has 0 aliphatic rings. The summed E-state index contributed by atoms with van der Waals surface area (Å²) in [5.74, 6) is 0. The third-order valence-corrected chi connectivity index (χ3v) is 5.07. The average Bonchev–Trinajstić information content (AvgIpc) is 2.43. The monoisotopic (exact) mass is 302 g/mol. The van der Waals surface area contributed by atoms with Crippen molar-refractivity contribution < 1.29 is 0 Å². The number of thiophene rings is 1. The molecule has 2 heteroatoms. The maximum Gasteiger partial charge on any atom is 0.0359 e. The van der Waals surface area contributed by atoms with Crippen LogP contribution in [0, 0.1) is 10.5 Å². The minimum atomic E-state index is 1.13. The lowest BCUT2D eigenvalue weighted by Gasteiger charge is -1.99. The van der Waals surface area contributed by atoms with Crippen molar-refractivity contribution in [2.45, 2.75) is 20.3 Å². The molecular formula is C11H11IS.